The van der Waals surface area contributed by atoms with Crippen LogP contribution >= 0.6 is 0 Å². The number of hydrogen-bond acceptors (Lipinski definition) is 4. The topological polar surface area (TPSA) is 58.9 Å². The van der Waals surface area contributed by atoms with E-state index in [2.05, 4.69) is 23.8 Å². The van der Waals surface area contributed by atoms with Crippen molar-refractivity contribution in [3.63, 3.8) is 0 Å². The van der Waals surface area contributed by atoms with Gasteiger partial charge in [0.1, 0.15) is 0 Å². The average Bonchev–Trinajstić information content (AvgIpc) is 2.42. The van der Waals surface area contributed by atoms with Crippen molar-refractivity contribution in [1.82, 2.24) is 0 Å². The molecule has 0 aromatic heterocycles. The van der Waals surface area contributed by atoms with Crippen LogP contribution in [0.4, 0.5) is 0 Å². The van der Waals surface area contributed by atoms with Gasteiger partial charge in [-0.2, -0.15) is 0 Å². The summed E-state index contributed by atoms with van der Waals surface area (Å²) in [6.07, 6.45) is 8.05. The second kappa shape index (κ2) is 7.97. The van der Waals surface area contributed by atoms with Crippen molar-refractivity contribution in [3.8, 4) is 0 Å². The maximum atomic E-state index is 10.1. The van der Waals surface area contributed by atoms with Crippen LogP contribution in [-0.2, 0) is 9.59 Å². The number of isocyanates is 2. The molecular weight excluding hydrogens is 228 g/mol. The lowest BCUT2D eigenvalue weighted by Crippen LogP contribution is -2.27. The van der Waals surface area contributed by atoms with E-state index < -0.39 is 0 Å². The van der Waals surface area contributed by atoms with Gasteiger partial charge in [0.25, 0.3) is 0 Å². The molecule has 0 N–H and O–H groups in total. The standard InChI is InChI=1S/C14H22N2O2/c1-11(7-15-9-17)13-4-3-5-14(6-13)12(2)8-16-10-18/h11-14H,3-8H2,1-2H3. The monoisotopic (exact) mass is 250 g/mol. The maximum Gasteiger partial charge on any atom is 0.234 e. The van der Waals surface area contributed by atoms with Crippen molar-refractivity contribution < 1.29 is 9.59 Å². The molecule has 1 aliphatic rings. The molecule has 4 atom stereocenters. The van der Waals surface area contributed by atoms with Gasteiger partial charge in [0.15, 0.2) is 0 Å². The van der Waals surface area contributed by atoms with E-state index in [0.717, 1.165) is 6.42 Å². The first kappa shape index (κ1) is 14.8. The molecule has 1 saturated carbocycles. The Morgan fingerprint density at radius 1 is 1.00 bits per heavy atom. The molecule has 0 heterocycles. The number of hydrogen-bond donors (Lipinski definition) is 0. The minimum Gasteiger partial charge on any atom is -0.211 e. The van der Waals surface area contributed by atoms with Gasteiger partial charge in [-0.25, -0.2) is 19.6 Å². The third kappa shape index (κ3) is 4.56. The van der Waals surface area contributed by atoms with Crippen molar-refractivity contribution in [1.29, 1.82) is 0 Å². The molecule has 0 saturated heterocycles. The molecule has 4 nitrogen and oxygen atoms in total. The smallest absolute Gasteiger partial charge is 0.211 e. The first-order valence-corrected chi connectivity index (χ1v) is 6.76. The predicted octanol–water partition coefficient (Wildman–Crippen LogP) is 2.74. The highest BCUT2D eigenvalue weighted by Crippen LogP contribution is 2.37. The van der Waals surface area contributed by atoms with Gasteiger partial charge >= 0.3 is 0 Å². The van der Waals surface area contributed by atoms with Crippen LogP contribution in [0.2, 0.25) is 0 Å². The van der Waals surface area contributed by atoms with Crippen molar-refractivity contribution >= 4 is 12.2 Å². The largest absolute Gasteiger partial charge is 0.234 e. The lowest BCUT2D eigenvalue weighted by molar-refractivity contribution is 0.169. The number of nitrogens with zero attached hydrogens (tertiary/aromatic N) is 2. The summed E-state index contributed by atoms with van der Waals surface area (Å²) < 4.78 is 0. The zero-order chi connectivity index (χ0) is 13.4. The van der Waals surface area contributed by atoms with Crippen molar-refractivity contribution in [2.24, 2.45) is 33.7 Å². The molecule has 1 aliphatic carbocycles. The molecule has 0 spiro atoms. The first-order valence-electron chi connectivity index (χ1n) is 6.76. The third-order valence-electron chi connectivity index (χ3n) is 4.25. The number of carbonyl (C=O) groups excluding carboxylic acids is 2. The molecule has 0 aromatic carbocycles. The van der Waals surface area contributed by atoms with Gasteiger partial charge < -0.3 is 0 Å². The van der Waals surface area contributed by atoms with Gasteiger partial charge in [-0.15, -0.1) is 0 Å². The fraction of sp³-hybridized carbons (Fsp3) is 0.857. The summed E-state index contributed by atoms with van der Waals surface area (Å²) >= 11 is 0. The van der Waals surface area contributed by atoms with Gasteiger partial charge in [-0.05, 0) is 30.1 Å². The minimum absolute atomic E-state index is 0.441. The van der Waals surface area contributed by atoms with Crippen LogP contribution in [-0.4, -0.2) is 25.2 Å². The Labute approximate surface area is 109 Å². The third-order valence-corrected chi connectivity index (χ3v) is 4.25. The van der Waals surface area contributed by atoms with E-state index in [4.69, 9.17) is 0 Å². The fourth-order valence-corrected chi connectivity index (χ4v) is 2.96. The zero-order valence-corrected chi connectivity index (χ0v) is 11.3. The van der Waals surface area contributed by atoms with E-state index in [1.807, 2.05) is 0 Å². The van der Waals surface area contributed by atoms with Gasteiger partial charge in [0.05, 0.1) is 13.1 Å². The van der Waals surface area contributed by atoms with Crippen LogP contribution in [0.25, 0.3) is 0 Å². The van der Waals surface area contributed by atoms with E-state index in [9.17, 15) is 9.59 Å². The number of rotatable bonds is 6. The molecule has 0 bridgehead atoms. The van der Waals surface area contributed by atoms with Crippen LogP contribution in [0.3, 0.4) is 0 Å². The highest BCUT2D eigenvalue weighted by Gasteiger charge is 2.28. The Bertz CT molecular complexity index is 312. The van der Waals surface area contributed by atoms with E-state index >= 15 is 0 Å². The summed E-state index contributed by atoms with van der Waals surface area (Å²) in [5.74, 6) is 2.14. The van der Waals surface area contributed by atoms with E-state index in [1.54, 1.807) is 12.2 Å². The molecule has 4 heteroatoms. The SMILES string of the molecule is CC(CN=C=O)C1CCCC(C(C)CN=C=O)C1. The summed E-state index contributed by atoms with van der Waals surface area (Å²) in [6, 6.07) is 0. The zero-order valence-electron chi connectivity index (χ0n) is 11.3. The second-order valence-corrected chi connectivity index (χ2v) is 5.51. The lowest BCUT2D eigenvalue weighted by Gasteiger charge is -2.34. The fourth-order valence-electron chi connectivity index (χ4n) is 2.96. The molecule has 0 amide bonds. The van der Waals surface area contributed by atoms with Crippen molar-refractivity contribution in [2.75, 3.05) is 13.1 Å². The second-order valence-electron chi connectivity index (χ2n) is 5.51. The van der Waals surface area contributed by atoms with Gasteiger partial charge in [0.2, 0.25) is 12.2 Å². The molecule has 0 aromatic rings. The van der Waals surface area contributed by atoms with Crippen molar-refractivity contribution in [3.05, 3.63) is 0 Å². The molecular formula is C14H22N2O2. The van der Waals surface area contributed by atoms with Crippen LogP contribution in [0, 0.1) is 23.7 Å². The average molecular weight is 250 g/mol. The maximum absolute atomic E-state index is 10.1. The summed E-state index contributed by atoms with van der Waals surface area (Å²) in [7, 11) is 0. The van der Waals surface area contributed by atoms with Gasteiger partial charge in [0, 0.05) is 0 Å². The molecule has 1 rings (SSSR count). The minimum atomic E-state index is 0.441. The number of aliphatic imine (C=N–C) groups is 2. The van der Waals surface area contributed by atoms with E-state index in [-0.39, 0.29) is 0 Å². The Hall–Kier alpha value is -1.24. The summed E-state index contributed by atoms with van der Waals surface area (Å²) in [5.41, 5.74) is 0. The summed E-state index contributed by atoms with van der Waals surface area (Å²) in [4.78, 5) is 27.7. The molecule has 100 valence electrons. The van der Waals surface area contributed by atoms with Gasteiger partial charge in [-0.3, -0.25) is 0 Å². The highest BCUT2D eigenvalue weighted by atomic mass is 16.1. The predicted molar refractivity (Wildman–Crippen MR) is 69.8 cm³/mol. The van der Waals surface area contributed by atoms with Crippen LogP contribution in [0.5, 0.6) is 0 Å². The van der Waals surface area contributed by atoms with Crippen LogP contribution in [0.1, 0.15) is 39.5 Å². The van der Waals surface area contributed by atoms with Crippen molar-refractivity contribution in [2.45, 2.75) is 39.5 Å². The van der Waals surface area contributed by atoms with E-state index in [0.29, 0.717) is 36.8 Å². The van der Waals surface area contributed by atoms with Crippen LogP contribution in [0.15, 0.2) is 9.98 Å². The van der Waals surface area contributed by atoms with Gasteiger partial charge in [-0.1, -0.05) is 33.1 Å². The first-order chi connectivity index (χ1) is 8.69. The molecule has 4 unspecified atom stereocenters. The molecule has 0 aliphatic heterocycles. The van der Waals surface area contributed by atoms with Crippen LogP contribution < -0.4 is 0 Å². The normalized spacial score (nSPS) is 26.6. The summed E-state index contributed by atoms with van der Waals surface area (Å²) in [5, 5.41) is 0. The lowest BCUT2D eigenvalue weighted by atomic mass is 9.71. The highest BCUT2D eigenvalue weighted by molar-refractivity contribution is 5.33. The Morgan fingerprint density at radius 2 is 1.44 bits per heavy atom. The quantitative estimate of drug-likeness (QED) is 0.537. The summed E-state index contributed by atoms with van der Waals surface area (Å²) in [6.45, 7) is 5.48. The molecule has 18 heavy (non-hydrogen) atoms. The van der Waals surface area contributed by atoms with E-state index in [1.165, 1.54) is 19.3 Å². The molecule has 1 fully saturated rings. The Morgan fingerprint density at radius 3 is 1.83 bits per heavy atom. The Kier molecular flexibility index (Phi) is 6.56. The Balaban J connectivity index is 2.49. The molecule has 0 radical (unpaired) electrons.